The highest BCUT2D eigenvalue weighted by Gasteiger charge is 2.13. The van der Waals surface area contributed by atoms with E-state index < -0.39 is 6.10 Å². The lowest BCUT2D eigenvalue weighted by molar-refractivity contribution is -0.154. The molecule has 55 heavy (non-hydrogen) atoms. The van der Waals surface area contributed by atoms with Gasteiger partial charge in [0.2, 0.25) is 0 Å². The minimum absolute atomic E-state index is 0.176. The summed E-state index contributed by atoms with van der Waals surface area (Å²) in [5.41, 5.74) is 0. The summed E-state index contributed by atoms with van der Waals surface area (Å²) in [5, 5.41) is 9.63. The molecule has 1 unspecified atom stereocenters. The molecule has 0 saturated heterocycles. The standard InChI is InChI=1S/C51H92O4/c1-3-5-7-9-11-13-15-17-19-21-23-24-25-26-27-28-29-30-32-34-36-38-40-42-44-46-51(53)55-50(48-52)49-54-47-45-43-41-39-37-35-33-31-22-20-18-16-14-12-10-8-6-4-2/h6,8,12,14-15,17-18,20-21,23,50,52H,3-5,7,9-11,13,16,19,22,24-49H2,1-2H3/b8-6-,14-12-,17-15-,20-18-,23-21-. The van der Waals surface area contributed by atoms with E-state index in [4.69, 9.17) is 9.47 Å². The van der Waals surface area contributed by atoms with Crippen molar-refractivity contribution in [3.63, 3.8) is 0 Å². The molecule has 0 bridgehead atoms. The van der Waals surface area contributed by atoms with Crippen molar-refractivity contribution in [1.82, 2.24) is 0 Å². The molecule has 0 aromatic carbocycles. The molecule has 0 saturated carbocycles. The first-order valence-corrected chi connectivity index (χ1v) is 23.9. The number of esters is 1. The van der Waals surface area contributed by atoms with Gasteiger partial charge in [0.15, 0.2) is 0 Å². The van der Waals surface area contributed by atoms with Gasteiger partial charge in [-0.05, 0) is 77.0 Å². The van der Waals surface area contributed by atoms with E-state index in [9.17, 15) is 9.90 Å². The normalized spacial score (nSPS) is 12.9. The Balaban J connectivity index is 3.42. The molecule has 0 aromatic heterocycles. The summed E-state index contributed by atoms with van der Waals surface area (Å²) >= 11 is 0. The number of unbranched alkanes of at least 4 members (excludes halogenated alkanes) is 26. The van der Waals surface area contributed by atoms with E-state index in [1.54, 1.807) is 0 Å². The Hall–Kier alpha value is -1.91. The van der Waals surface area contributed by atoms with E-state index in [1.807, 2.05) is 0 Å². The number of hydrogen-bond donors (Lipinski definition) is 1. The second-order valence-corrected chi connectivity index (χ2v) is 15.8. The molecule has 0 fully saturated rings. The van der Waals surface area contributed by atoms with E-state index in [0.717, 1.165) is 44.9 Å². The third kappa shape index (κ3) is 46.4. The van der Waals surface area contributed by atoms with Crippen LogP contribution in [0, 0.1) is 0 Å². The summed E-state index contributed by atoms with van der Waals surface area (Å²) in [6, 6.07) is 0. The van der Waals surface area contributed by atoms with Crippen molar-refractivity contribution >= 4 is 5.97 Å². The Morgan fingerprint density at radius 1 is 0.455 bits per heavy atom. The van der Waals surface area contributed by atoms with Crippen molar-refractivity contribution < 1.29 is 19.4 Å². The largest absolute Gasteiger partial charge is 0.457 e. The maximum atomic E-state index is 12.3. The first-order valence-electron chi connectivity index (χ1n) is 23.9. The van der Waals surface area contributed by atoms with Gasteiger partial charge in [0, 0.05) is 13.0 Å². The average Bonchev–Trinajstić information content (AvgIpc) is 3.19. The van der Waals surface area contributed by atoms with Crippen LogP contribution in [0.5, 0.6) is 0 Å². The highest BCUT2D eigenvalue weighted by atomic mass is 16.6. The van der Waals surface area contributed by atoms with Gasteiger partial charge >= 0.3 is 5.97 Å². The molecule has 4 nitrogen and oxygen atoms in total. The van der Waals surface area contributed by atoms with Gasteiger partial charge in [-0.25, -0.2) is 0 Å². The summed E-state index contributed by atoms with van der Waals surface area (Å²) in [7, 11) is 0. The number of carbonyl (C=O) groups is 1. The lowest BCUT2D eigenvalue weighted by Gasteiger charge is -2.16. The van der Waals surface area contributed by atoms with Crippen LogP contribution < -0.4 is 0 Å². The third-order valence-corrected chi connectivity index (χ3v) is 10.3. The maximum absolute atomic E-state index is 12.3. The van der Waals surface area contributed by atoms with Gasteiger partial charge in [-0.2, -0.15) is 0 Å². The lowest BCUT2D eigenvalue weighted by Crippen LogP contribution is -2.27. The number of aliphatic hydroxyl groups excluding tert-OH is 1. The quantitative estimate of drug-likeness (QED) is 0.0381. The van der Waals surface area contributed by atoms with Gasteiger partial charge in [0.1, 0.15) is 6.10 Å². The summed E-state index contributed by atoms with van der Waals surface area (Å²) in [4.78, 5) is 12.3. The number of aliphatic hydroxyl groups is 1. The van der Waals surface area contributed by atoms with Gasteiger partial charge in [0.05, 0.1) is 13.2 Å². The summed E-state index contributed by atoms with van der Waals surface area (Å²) in [5.74, 6) is -0.204. The molecular weight excluding hydrogens is 677 g/mol. The van der Waals surface area contributed by atoms with E-state index in [1.165, 1.54) is 167 Å². The highest BCUT2D eigenvalue weighted by Crippen LogP contribution is 2.15. The Morgan fingerprint density at radius 2 is 0.818 bits per heavy atom. The van der Waals surface area contributed by atoms with Crippen LogP contribution in [-0.4, -0.2) is 37.0 Å². The molecule has 0 aliphatic carbocycles. The molecular formula is C51H92O4. The number of allylic oxidation sites excluding steroid dienone is 10. The van der Waals surface area contributed by atoms with Crippen LogP contribution in [0.2, 0.25) is 0 Å². The number of carbonyl (C=O) groups excluding carboxylic acids is 1. The zero-order chi connectivity index (χ0) is 39.8. The van der Waals surface area contributed by atoms with E-state index in [0.29, 0.717) is 19.6 Å². The van der Waals surface area contributed by atoms with Crippen LogP contribution >= 0.6 is 0 Å². The molecule has 0 rings (SSSR count). The van der Waals surface area contributed by atoms with E-state index in [-0.39, 0.29) is 12.6 Å². The molecule has 0 aliphatic rings. The van der Waals surface area contributed by atoms with Gasteiger partial charge in [-0.15, -0.1) is 0 Å². The molecule has 1 N–H and O–H groups in total. The van der Waals surface area contributed by atoms with Crippen LogP contribution in [0.4, 0.5) is 0 Å². The van der Waals surface area contributed by atoms with Crippen molar-refractivity contribution in [1.29, 1.82) is 0 Å². The number of ether oxygens (including phenoxy) is 2. The smallest absolute Gasteiger partial charge is 0.306 e. The Kier molecular flexibility index (Phi) is 46.6. The molecule has 0 spiro atoms. The fraction of sp³-hybridized carbons (Fsp3) is 0.784. The molecule has 0 radical (unpaired) electrons. The monoisotopic (exact) mass is 769 g/mol. The predicted molar refractivity (Wildman–Crippen MR) is 242 cm³/mol. The van der Waals surface area contributed by atoms with Crippen LogP contribution in [0.25, 0.3) is 0 Å². The van der Waals surface area contributed by atoms with Crippen molar-refractivity contribution in [2.75, 3.05) is 19.8 Å². The highest BCUT2D eigenvalue weighted by molar-refractivity contribution is 5.69. The topological polar surface area (TPSA) is 55.8 Å². The molecule has 0 heterocycles. The summed E-state index contributed by atoms with van der Waals surface area (Å²) < 4.78 is 11.2. The second kappa shape index (κ2) is 48.2. The predicted octanol–water partition coefficient (Wildman–Crippen LogP) is 16.0. The molecule has 320 valence electrons. The Labute approximate surface area is 343 Å². The van der Waals surface area contributed by atoms with Crippen molar-refractivity contribution in [3.8, 4) is 0 Å². The Bertz CT molecular complexity index is 900. The third-order valence-electron chi connectivity index (χ3n) is 10.3. The zero-order valence-electron chi connectivity index (χ0n) is 36.7. The SMILES string of the molecule is CC/C=C\C/C=C\C/C=C\CCCCCCCCCCOCC(CO)OC(=O)CCCCCCCCCCCCCCC/C=C\C/C=C\CCCCCCC. The summed E-state index contributed by atoms with van der Waals surface area (Å²) in [6.07, 6.45) is 64.4. The van der Waals surface area contributed by atoms with Crippen molar-refractivity contribution in [3.05, 3.63) is 60.8 Å². The van der Waals surface area contributed by atoms with Gasteiger partial charge < -0.3 is 14.6 Å². The summed E-state index contributed by atoms with van der Waals surface area (Å²) in [6.45, 7) is 5.23. The van der Waals surface area contributed by atoms with Crippen LogP contribution in [0.1, 0.15) is 232 Å². The van der Waals surface area contributed by atoms with Crippen molar-refractivity contribution in [2.24, 2.45) is 0 Å². The first-order chi connectivity index (χ1) is 27.2. The Morgan fingerprint density at radius 3 is 1.24 bits per heavy atom. The average molecular weight is 769 g/mol. The zero-order valence-corrected chi connectivity index (χ0v) is 36.7. The molecule has 1 atom stereocenters. The van der Waals surface area contributed by atoms with Gasteiger partial charge in [0.25, 0.3) is 0 Å². The molecule has 4 heteroatoms. The number of rotatable bonds is 44. The first kappa shape index (κ1) is 53.1. The maximum Gasteiger partial charge on any atom is 0.306 e. The minimum Gasteiger partial charge on any atom is -0.457 e. The second-order valence-electron chi connectivity index (χ2n) is 15.8. The van der Waals surface area contributed by atoms with Gasteiger partial charge in [-0.3, -0.25) is 4.79 Å². The lowest BCUT2D eigenvalue weighted by atomic mass is 10.0. The fourth-order valence-electron chi connectivity index (χ4n) is 6.79. The van der Waals surface area contributed by atoms with Crippen LogP contribution in [0.3, 0.4) is 0 Å². The van der Waals surface area contributed by atoms with Gasteiger partial charge in [-0.1, -0.05) is 209 Å². The minimum atomic E-state index is -0.541. The molecule has 0 aliphatic heterocycles. The van der Waals surface area contributed by atoms with E-state index >= 15 is 0 Å². The van der Waals surface area contributed by atoms with Crippen molar-refractivity contribution in [2.45, 2.75) is 238 Å². The fourth-order valence-corrected chi connectivity index (χ4v) is 6.79. The van der Waals surface area contributed by atoms with Crippen LogP contribution in [-0.2, 0) is 14.3 Å². The molecule has 0 amide bonds. The van der Waals surface area contributed by atoms with E-state index in [2.05, 4.69) is 74.6 Å². The van der Waals surface area contributed by atoms with Crippen LogP contribution in [0.15, 0.2) is 60.8 Å². The molecule has 0 aromatic rings. The number of hydrogen-bond acceptors (Lipinski definition) is 4.